The van der Waals surface area contributed by atoms with Crippen LogP contribution in [0.4, 0.5) is 11.6 Å². The molecule has 2 aromatic heterocycles. The Labute approximate surface area is 231 Å². The molecule has 39 heavy (non-hydrogen) atoms. The fourth-order valence-corrected chi connectivity index (χ4v) is 5.52. The number of hydrogen-bond acceptors (Lipinski definition) is 8. The van der Waals surface area contributed by atoms with Gasteiger partial charge in [0.05, 0.1) is 21.4 Å². The van der Waals surface area contributed by atoms with Gasteiger partial charge in [0.2, 0.25) is 11.9 Å². The molecule has 198 valence electrons. The number of rotatable bonds is 9. The van der Waals surface area contributed by atoms with E-state index in [4.69, 9.17) is 0 Å². The average Bonchev–Trinajstić information content (AvgIpc) is 2.92. The highest BCUT2D eigenvalue weighted by molar-refractivity contribution is 8.00. The largest absolute Gasteiger partial charge is 0.325 e. The molecule has 2 heterocycles. The molecule has 11 heteroatoms. The highest BCUT2D eigenvalue weighted by Gasteiger charge is 2.22. The predicted molar refractivity (Wildman–Crippen MR) is 152 cm³/mol. The number of nitrogens with one attached hydrogen (secondary N) is 2. The van der Waals surface area contributed by atoms with Crippen molar-refractivity contribution in [2.45, 2.75) is 42.4 Å². The van der Waals surface area contributed by atoms with Crippen LogP contribution >= 0.6 is 11.8 Å². The van der Waals surface area contributed by atoms with Crippen LogP contribution in [0.5, 0.6) is 0 Å². The van der Waals surface area contributed by atoms with Gasteiger partial charge in [0.25, 0.3) is 10.0 Å². The molecule has 0 radical (unpaired) electrons. The standard InChI is InChI=1S/C28H26N6O3S2/c1-4-25(38-27-21(17-29)9-14-24(33-27)20-7-5-18(2)6-8-20)26(35)32-22-10-12-23(13-11-22)39(36,37)34-28-30-16-15-19(3)31-28/h5-16,25H,4H2,1-3H3,(H,32,35)(H,30,31,34). The summed E-state index contributed by atoms with van der Waals surface area (Å²) in [5.41, 5.74) is 4.22. The smallest absolute Gasteiger partial charge is 0.264 e. The Balaban J connectivity index is 1.47. The molecule has 2 aromatic carbocycles. The summed E-state index contributed by atoms with van der Waals surface area (Å²) >= 11 is 1.22. The van der Waals surface area contributed by atoms with Crippen LogP contribution in [0.1, 0.15) is 30.2 Å². The normalized spacial score (nSPS) is 11.8. The van der Waals surface area contributed by atoms with E-state index in [0.29, 0.717) is 34.1 Å². The highest BCUT2D eigenvalue weighted by Crippen LogP contribution is 2.30. The lowest BCUT2D eigenvalue weighted by molar-refractivity contribution is -0.115. The lowest BCUT2D eigenvalue weighted by Crippen LogP contribution is -2.25. The monoisotopic (exact) mass is 558 g/mol. The molecule has 1 atom stereocenters. The number of amides is 1. The zero-order chi connectivity index (χ0) is 28.0. The van der Waals surface area contributed by atoms with Crippen molar-refractivity contribution in [2.75, 3.05) is 10.0 Å². The van der Waals surface area contributed by atoms with E-state index in [1.807, 2.05) is 38.1 Å². The maximum absolute atomic E-state index is 13.1. The van der Waals surface area contributed by atoms with E-state index in [2.05, 4.69) is 31.1 Å². The van der Waals surface area contributed by atoms with E-state index in [-0.39, 0.29) is 16.8 Å². The first-order valence-electron chi connectivity index (χ1n) is 12.1. The summed E-state index contributed by atoms with van der Waals surface area (Å²) in [6, 6.07) is 21.1. The number of carbonyl (C=O) groups is 1. The fourth-order valence-electron chi connectivity index (χ4n) is 3.57. The van der Waals surface area contributed by atoms with E-state index in [0.717, 1.165) is 11.1 Å². The van der Waals surface area contributed by atoms with E-state index in [1.54, 1.807) is 25.1 Å². The molecule has 0 aliphatic heterocycles. The fraction of sp³-hybridized carbons (Fsp3) is 0.179. The summed E-state index contributed by atoms with van der Waals surface area (Å²) in [6.07, 6.45) is 1.96. The molecular formula is C28H26N6O3S2. The Kier molecular flexibility index (Phi) is 8.59. The maximum Gasteiger partial charge on any atom is 0.264 e. The van der Waals surface area contributed by atoms with Crippen LogP contribution in [0.2, 0.25) is 0 Å². The van der Waals surface area contributed by atoms with Gasteiger partial charge in [0.15, 0.2) is 0 Å². The minimum Gasteiger partial charge on any atom is -0.325 e. The number of aromatic nitrogens is 3. The van der Waals surface area contributed by atoms with Crippen molar-refractivity contribution < 1.29 is 13.2 Å². The minimum atomic E-state index is -3.90. The zero-order valence-corrected chi connectivity index (χ0v) is 23.2. The second kappa shape index (κ2) is 12.1. The van der Waals surface area contributed by atoms with E-state index in [9.17, 15) is 18.5 Å². The van der Waals surface area contributed by atoms with Crippen LogP contribution < -0.4 is 10.0 Å². The van der Waals surface area contributed by atoms with Gasteiger partial charge in [-0.3, -0.25) is 4.79 Å². The third-order valence-corrected chi connectivity index (χ3v) is 8.41. The molecular weight excluding hydrogens is 532 g/mol. The van der Waals surface area contributed by atoms with Crippen LogP contribution in [-0.2, 0) is 14.8 Å². The minimum absolute atomic E-state index is 0.00260. The molecule has 4 rings (SSSR count). The first-order valence-corrected chi connectivity index (χ1v) is 14.4. The second-order valence-electron chi connectivity index (χ2n) is 8.68. The molecule has 0 aliphatic rings. The maximum atomic E-state index is 13.1. The number of hydrogen-bond donors (Lipinski definition) is 2. The van der Waals surface area contributed by atoms with Gasteiger partial charge in [-0.1, -0.05) is 48.5 Å². The molecule has 0 fully saturated rings. The number of anilines is 2. The topological polar surface area (TPSA) is 138 Å². The molecule has 0 bridgehead atoms. The summed E-state index contributed by atoms with van der Waals surface area (Å²) in [4.78, 5) is 25.8. The highest BCUT2D eigenvalue weighted by atomic mass is 32.2. The van der Waals surface area contributed by atoms with Crippen molar-refractivity contribution in [1.29, 1.82) is 5.26 Å². The van der Waals surface area contributed by atoms with Gasteiger partial charge in [-0.25, -0.2) is 28.1 Å². The van der Waals surface area contributed by atoms with Crippen molar-refractivity contribution in [1.82, 2.24) is 15.0 Å². The van der Waals surface area contributed by atoms with Crippen molar-refractivity contribution >= 4 is 39.3 Å². The Morgan fingerprint density at radius 3 is 2.36 bits per heavy atom. The summed E-state index contributed by atoms with van der Waals surface area (Å²) in [5, 5.41) is 12.4. The van der Waals surface area contributed by atoms with Gasteiger partial charge in [0, 0.05) is 23.1 Å². The molecule has 4 aromatic rings. The summed E-state index contributed by atoms with van der Waals surface area (Å²) in [6.45, 7) is 5.62. The summed E-state index contributed by atoms with van der Waals surface area (Å²) < 4.78 is 27.7. The molecule has 1 unspecified atom stereocenters. The van der Waals surface area contributed by atoms with E-state index in [1.165, 1.54) is 42.2 Å². The van der Waals surface area contributed by atoms with Gasteiger partial charge in [-0.2, -0.15) is 5.26 Å². The number of carbonyl (C=O) groups excluding carboxylic acids is 1. The average molecular weight is 559 g/mol. The van der Waals surface area contributed by atoms with Gasteiger partial charge in [-0.15, -0.1) is 0 Å². The van der Waals surface area contributed by atoms with Crippen LogP contribution in [0.3, 0.4) is 0 Å². The quantitative estimate of drug-likeness (QED) is 0.263. The molecule has 0 saturated heterocycles. The Morgan fingerprint density at radius 1 is 1.00 bits per heavy atom. The molecule has 2 N–H and O–H groups in total. The van der Waals surface area contributed by atoms with Gasteiger partial charge < -0.3 is 5.32 Å². The van der Waals surface area contributed by atoms with Gasteiger partial charge in [0.1, 0.15) is 11.1 Å². The second-order valence-corrected chi connectivity index (χ2v) is 11.6. The first-order chi connectivity index (χ1) is 18.7. The molecule has 0 saturated carbocycles. The molecule has 0 spiro atoms. The summed E-state index contributed by atoms with van der Waals surface area (Å²) in [5.74, 6) is -0.303. The Bertz CT molecular complexity index is 1630. The Hall–Kier alpha value is -4.27. The van der Waals surface area contributed by atoms with Crippen LogP contribution in [0, 0.1) is 25.2 Å². The van der Waals surface area contributed by atoms with Crippen molar-refractivity contribution in [2.24, 2.45) is 0 Å². The van der Waals surface area contributed by atoms with E-state index >= 15 is 0 Å². The lowest BCUT2D eigenvalue weighted by atomic mass is 10.1. The lowest BCUT2D eigenvalue weighted by Gasteiger charge is -2.16. The number of sulfonamides is 1. The van der Waals surface area contributed by atoms with Gasteiger partial charge >= 0.3 is 0 Å². The van der Waals surface area contributed by atoms with E-state index < -0.39 is 15.3 Å². The molecule has 1 amide bonds. The molecule has 0 aliphatic carbocycles. The Morgan fingerprint density at radius 2 is 1.72 bits per heavy atom. The molecule has 9 nitrogen and oxygen atoms in total. The summed E-state index contributed by atoms with van der Waals surface area (Å²) in [7, 11) is -3.90. The van der Waals surface area contributed by atoms with Crippen LogP contribution in [-0.4, -0.2) is 34.5 Å². The third kappa shape index (κ3) is 6.98. The van der Waals surface area contributed by atoms with Crippen molar-refractivity contribution in [3.05, 3.63) is 89.7 Å². The third-order valence-electron chi connectivity index (χ3n) is 5.70. The van der Waals surface area contributed by atoms with Crippen molar-refractivity contribution in [3.8, 4) is 17.3 Å². The number of thioether (sulfide) groups is 1. The number of nitrogens with zero attached hydrogens (tertiary/aromatic N) is 4. The number of nitriles is 1. The zero-order valence-electron chi connectivity index (χ0n) is 21.5. The van der Waals surface area contributed by atoms with Crippen molar-refractivity contribution in [3.63, 3.8) is 0 Å². The number of aryl methyl sites for hydroxylation is 2. The predicted octanol–water partition coefficient (Wildman–Crippen LogP) is 5.34. The SMILES string of the molecule is CCC(Sc1nc(-c2ccc(C)cc2)ccc1C#N)C(=O)Nc1ccc(S(=O)(=O)Nc2nccc(C)n2)cc1. The first kappa shape index (κ1) is 27.8. The van der Waals surface area contributed by atoms with Crippen LogP contribution in [0.25, 0.3) is 11.3 Å². The van der Waals surface area contributed by atoms with Crippen LogP contribution in [0.15, 0.2) is 82.8 Å². The van der Waals surface area contributed by atoms with Gasteiger partial charge in [-0.05, 0) is 62.7 Å². The number of pyridine rings is 1. The number of benzene rings is 2.